The molecule has 0 unspecified atom stereocenters. The molecule has 0 bridgehead atoms. The Hall–Kier alpha value is -3.67. The predicted molar refractivity (Wildman–Crippen MR) is 103 cm³/mol. The number of rotatable bonds is 8. The Morgan fingerprint density at radius 2 is 1.59 bits per heavy atom. The van der Waals surface area contributed by atoms with E-state index < -0.39 is 4.92 Å². The van der Waals surface area contributed by atoms with Crippen molar-refractivity contribution < 1.29 is 14.5 Å². The van der Waals surface area contributed by atoms with Gasteiger partial charge in [-0.15, -0.1) is 0 Å². The van der Waals surface area contributed by atoms with E-state index >= 15 is 0 Å². The number of hydrogen-bond acceptors (Lipinski definition) is 5. The second-order valence-electron chi connectivity index (χ2n) is 5.83. The number of ketones is 1. The zero-order valence-corrected chi connectivity index (χ0v) is 14.5. The van der Waals surface area contributed by atoms with Crippen LogP contribution >= 0.6 is 0 Å². The molecule has 6 nitrogen and oxygen atoms in total. The predicted octanol–water partition coefficient (Wildman–Crippen LogP) is 4.47. The molecule has 0 heterocycles. The van der Waals surface area contributed by atoms with Gasteiger partial charge in [0.1, 0.15) is 12.3 Å². The molecule has 27 heavy (non-hydrogen) atoms. The number of nitro benzene ring substituents is 1. The average molecular weight is 362 g/mol. The Kier molecular flexibility index (Phi) is 5.79. The minimum Gasteiger partial charge on any atom is -0.482 e. The van der Waals surface area contributed by atoms with Crippen LogP contribution in [0.4, 0.5) is 11.4 Å². The van der Waals surface area contributed by atoms with Crippen molar-refractivity contribution in [2.24, 2.45) is 0 Å². The molecule has 3 rings (SSSR count). The van der Waals surface area contributed by atoms with Crippen molar-refractivity contribution in [1.82, 2.24) is 0 Å². The normalized spacial score (nSPS) is 10.2. The van der Waals surface area contributed by atoms with E-state index in [1.165, 1.54) is 0 Å². The van der Waals surface area contributed by atoms with Gasteiger partial charge in [0.05, 0.1) is 11.5 Å². The zero-order valence-electron chi connectivity index (χ0n) is 14.5. The largest absolute Gasteiger partial charge is 0.482 e. The Morgan fingerprint density at radius 3 is 2.26 bits per heavy atom. The number of Topliss-reactive ketones (excluding diaryl/α,β-unsaturated/α-hetero) is 1. The van der Waals surface area contributed by atoms with Gasteiger partial charge in [0.25, 0.3) is 0 Å². The number of carbonyl (C=O) groups excluding carboxylic acids is 1. The number of hydrogen-bond donors (Lipinski definition) is 1. The summed E-state index contributed by atoms with van der Waals surface area (Å²) in [6, 6.07) is 22.9. The van der Waals surface area contributed by atoms with Gasteiger partial charge in [0.2, 0.25) is 0 Å². The van der Waals surface area contributed by atoms with E-state index in [1.807, 2.05) is 36.4 Å². The van der Waals surface area contributed by atoms with Crippen molar-refractivity contribution in [3.8, 4) is 5.75 Å². The summed E-state index contributed by atoms with van der Waals surface area (Å²) in [6.07, 6.45) is 0. The van der Waals surface area contributed by atoms with Crippen LogP contribution in [0, 0.1) is 10.1 Å². The van der Waals surface area contributed by atoms with Crippen LogP contribution in [0.3, 0.4) is 0 Å². The van der Waals surface area contributed by atoms with Crippen molar-refractivity contribution >= 4 is 17.2 Å². The number of para-hydroxylation sites is 1. The van der Waals surface area contributed by atoms with Crippen LogP contribution in [0.15, 0.2) is 78.9 Å². The number of ether oxygens (including phenoxy) is 1. The lowest BCUT2D eigenvalue weighted by Gasteiger charge is -2.11. The summed E-state index contributed by atoms with van der Waals surface area (Å²) >= 11 is 0. The zero-order chi connectivity index (χ0) is 19.1. The summed E-state index contributed by atoms with van der Waals surface area (Å²) in [4.78, 5) is 23.3. The first-order valence-electron chi connectivity index (χ1n) is 8.41. The second kappa shape index (κ2) is 8.62. The molecule has 0 aliphatic carbocycles. The van der Waals surface area contributed by atoms with Crippen LogP contribution in [0.2, 0.25) is 0 Å². The van der Waals surface area contributed by atoms with Gasteiger partial charge in [-0.1, -0.05) is 66.7 Å². The van der Waals surface area contributed by atoms with Crippen LogP contribution in [-0.4, -0.2) is 17.3 Å². The minimum atomic E-state index is -0.504. The summed E-state index contributed by atoms with van der Waals surface area (Å²) < 4.78 is 5.65. The SMILES string of the molecule is O=C(CNc1cccc(OCc2ccccc2)c1[N+](=O)[O-])c1ccccc1. The van der Waals surface area contributed by atoms with Crippen molar-refractivity contribution in [2.75, 3.05) is 11.9 Å². The summed E-state index contributed by atoms with van der Waals surface area (Å²) in [7, 11) is 0. The molecule has 3 aromatic rings. The monoisotopic (exact) mass is 362 g/mol. The first-order chi connectivity index (χ1) is 13.1. The summed E-state index contributed by atoms with van der Waals surface area (Å²) in [6.45, 7) is 0.168. The van der Waals surface area contributed by atoms with Gasteiger partial charge in [0.15, 0.2) is 11.5 Å². The van der Waals surface area contributed by atoms with E-state index in [-0.39, 0.29) is 36.1 Å². The highest BCUT2D eigenvalue weighted by Gasteiger charge is 2.21. The molecule has 6 heteroatoms. The summed E-state index contributed by atoms with van der Waals surface area (Å²) in [5.41, 5.74) is 1.51. The second-order valence-corrected chi connectivity index (χ2v) is 5.83. The molecule has 1 N–H and O–H groups in total. The molecule has 0 fully saturated rings. The fourth-order valence-electron chi connectivity index (χ4n) is 2.61. The molecule has 0 radical (unpaired) electrons. The third-order valence-corrected chi connectivity index (χ3v) is 3.95. The van der Waals surface area contributed by atoms with Crippen LogP contribution < -0.4 is 10.1 Å². The third kappa shape index (κ3) is 4.70. The first kappa shape index (κ1) is 18.1. The first-order valence-corrected chi connectivity index (χ1v) is 8.41. The van der Waals surface area contributed by atoms with E-state index in [0.29, 0.717) is 5.56 Å². The van der Waals surface area contributed by atoms with Gasteiger partial charge in [-0.25, -0.2) is 0 Å². The third-order valence-electron chi connectivity index (χ3n) is 3.95. The maximum Gasteiger partial charge on any atom is 0.333 e. The Morgan fingerprint density at radius 1 is 0.926 bits per heavy atom. The smallest absolute Gasteiger partial charge is 0.333 e. The molecule has 0 saturated carbocycles. The lowest BCUT2D eigenvalue weighted by Crippen LogP contribution is -2.15. The van der Waals surface area contributed by atoms with Crippen molar-refractivity contribution in [3.63, 3.8) is 0 Å². The van der Waals surface area contributed by atoms with Gasteiger partial charge >= 0.3 is 5.69 Å². The fraction of sp³-hybridized carbons (Fsp3) is 0.0952. The number of anilines is 1. The van der Waals surface area contributed by atoms with Crippen molar-refractivity contribution in [3.05, 3.63) is 100 Å². The van der Waals surface area contributed by atoms with Gasteiger partial charge in [-0.05, 0) is 17.7 Å². The van der Waals surface area contributed by atoms with Crippen LogP contribution in [0.5, 0.6) is 5.75 Å². The molecule has 3 aromatic carbocycles. The number of nitro groups is 1. The molecular weight excluding hydrogens is 344 g/mol. The standard InChI is InChI=1S/C21H18N2O4/c24-19(17-10-5-2-6-11-17)14-22-18-12-7-13-20(21(18)23(25)26)27-15-16-8-3-1-4-9-16/h1-13,22H,14-15H2. The summed E-state index contributed by atoms with van der Waals surface area (Å²) in [5.74, 6) is 0.00141. The number of nitrogens with zero attached hydrogens (tertiary/aromatic N) is 1. The number of benzene rings is 3. The van der Waals surface area contributed by atoms with Gasteiger partial charge in [0, 0.05) is 5.56 Å². The molecule has 136 valence electrons. The molecule has 0 aliphatic rings. The number of nitrogens with one attached hydrogen (secondary N) is 1. The molecule has 0 saturated heterocycles. The quantitative estimate of drug-likeness (QED) is 0.363. The van der Waals surface area contributed by atoms with Gasteiger partial charge in [-0.3, -0.25) is 14.9 Å². The molecule has 0 atom stereocenters. The summed E-state index contributed by atoms with van der Waals surface area (Å²) in [5, 5.41) is 14.4. The van der Waals surface area contributed by atoms with E-state index in [1.54, 1.807) is 42.5 Å². The van der Waals surface area contributed by atoms with E-state index in [9.17, 15) is 14.9 Å². The van der Waals surface area contributed by atoms with Crippen LogP contribution in [-0.2, 0) is 6.61 Å². The highest BCUT2D eigenvalue weighted by Crippen LogP contribution is 2.35. The average Bonchev–Trinajstić information content (AvgIpc) is 2.71. The van der Waals surface area contributed by atoms with Crippen LogP contribution in [0.25, 0.3) is 0 Å². The number of carbonyl (C=O) groups is 1. The van der Waals surface area contributed by atoms with E-state index in [0.717, 1.165) is 5.56 Å². The van der Waals surface area contributed by atoms with Gasteiger partial charge < -0.3 is 10.1 Å². The maximum atomic E-state index is 12.2. The highest BCUT2D eigenvalue weighted by molar-refractivity contribution is 5.99. The molecule has 0 aromatic heterocycles. The van der Waals surface area contributed by atoms with Crippen LogP contribution in [0.1, 0.15) is 15.9 Å². The topological polar surface area (TPSA) is 81.5 Å². The van der Waals surface area contributed by atoms with Gasteiger partial charge in [-0.2, -0.15) is 0 Å². The van der Waals surface area contributed by atoms with Crippen molar-refractivity contribution in [1.29, 1.82) is 0 Å². The molecule has 0 amide bonds. The van der Waals surface area contributed by atoms with E-state index in [4.69, 9.17) is 4.74 Å². The Bertz CT molecular complexity index is 927. The molecule has 0 aliphatic heterocycles. The highest BCUT2D eigenvalue weighted by atomic mass is 16.6. The molecule has 0 spiro atoms. The Balaban J connectivity index is 1.75. The van der Waals surface area contributed by atoms with E-state index in [2.05, 4.69) is 5.32 Å². The fourth-order valence-corrected chi connectivity index (χ4v) is 2.61. The maximum absolute atomic E-state index is 12.2. The van der Waals surface area contributed by atoms with Crippen molar-refractivity contribution in [2.45, 2.75) is 6.61 Å². The lowest BCUT2D eigenvalue weighted by molar-refractivity contribution is -0.385. The minimum absolute atomic E-state index is 0.0486. The Labute approximate surface area is 156 Å². The molecular formula is C21H18N2O4. The lowest BCUT2D eigenvalue weighted by atomic mass is 10.1.